The maximum atomic E-state index is 4.25. The number of aromatic nitrogens is 3. The minimum Gasteiger partial charge on any atom is -0.354 e. The maximum Gasteiger partial charge on any atom is 0.191 e. The molecule has 6 nitrogen and oxygen atoms in total. The van der Waals surface area contributed by atoms with Crippen molar-refractivity contribution in [1.29, 1.82) is 0 Å². The number of nitrogens with zero attached hydrogens (tertiary/aromatic N) is 4. The highest BCUT2D eigenvalue weighted by atomic mass is 127. The third-order valence-corrected chi connectivity index (χ3v) is 3.39. The quantitative estimate of drug-likeness (QED) is 0.475. The van der Waals surface area contributed by atoms with E-state index in [0.29, 0.717) is 12.6 Å². The summed E-state index contributed by atoms with van der Waals surface area (Å²) in [7, 11) is 3.74. The Hall–Kier alpha value is -0.860. The minimum atomic E-state index is 0. The van der Waals surface area contributed by atoms with E-state index in [1.165, 1.54) is 32.1 Å². The van der Waals surface area contributed by atoms with Crippen molar-refractivity contribution in [3.63, 3.8) is 0 Å². The molecular weight excluding hydrogens is 355 g/mol. The molecule has 0 unspecified atom stereocenters. The molecule has 0 bridgehead atoms. The van der Waals surface area contributed by atoms with E-state index >= 15 is 0 Å². The molecule has 1 aromatic rings. The van der Waals surface area contributed by atoms with Gasteiger partial charge in [-0.1, -0.05) is 19.3 Å². The van der Waals surface area contributed by atoms with Gasteiger partial charge in [0.2, 0.25) is 0 Å². The van der Waals surface area contributed by atoms with E-state index in [2.05, 4.69) is 25.8 Å². The molecule has 1 heterocycles. The van der Waals surface area contributed by atoms with Crippen molar-refractivity contribution >= 4 is 29.9 Å². The van der Waals surface area contributed by atoms with Crippen LogP contribution in [0.25, 0.3) is 0 Å². The molecule has 0 aromatic carbocycles. The fraction of sp³-hybridized carbons (Fsp3) is 0.750. The van der Waals surface area contributed by atoms with Crippen LogP contribution in [0.1, 0.15) is 37.9 Å². The zero-order valence-electron chi connectivity index (χ0n) is 11.6. The normalized spacial score (nSPS) is 16.8. The van der Waals surface area contributed by atoms with Crippen LogP contribution in [-0.2, 0) is 13.6 Å². The van der Waals surface area contributed by atoms with Crippen LogP contribution in [0.15, 0.2) is 11.3 Å². The first kappa shape index (κ1) is 16.2. The van der Waals surface area contributed by atoms with Crippen molar-refractivity contribution in [3.8, 4) is 0 Å². The molecule has 1 saturated carbocycles. The van der Waals surface area contributed by atoms with Gasteiger partial charge in [-0.3, -0.25) is 4.99 Å². The molecule has 1 aliphatic carbocycles. The number of aryl methyl sites for hydroxylation is 1. The summed E-state index contributed by atoms with van der Waals surface area (Å²) in [6.07, 6.45) is 8.18. The SMILES string of the molecule is CN=C(NCc1nncn1C)NC1CCCCC1.I. The number of rotatable bonds is 3. The van der Waals surface area contributed by atoms with Crippen molar-refractivity contribution in [2.75, 3.05) is 7.05 Å². The Kier molecular flexibility index (Phi) is 7.11. The Balaban J connectivity index is 0.00000180. The lowest BCUT2D eigenvalue weighted by Crippen LogP contribution is -2.44. The van der Waals surface area contributed by atoms with Crippen LogP contribution in [0.2, 0.25) is 0 Å². The van der Waals surface area contributed by atoms with Crippen LogP contribution in [0.4, 0.5) is 0 Å². The van der Waals surface area contributed by atoms with Gasteiger partial charge in [0, 0.05) is 20.1 Å². The summed E-state index contributed by atoms with van der Waals surface area (Å²) in [6.45, 7) is 0.642. The molecule has 1 fully saturated rings. The van der Waals surface area contributed by atoms with E-state index < -0.39 is 0 Å². The smallest absolute Gasteiger partial charge is 0.191 e. The number of nitrogens with one attached hydrogen (secondary N) is 2. The van der Waals surface area contributed by atoms with E-state index in [4.69, 9.17) is 0 Å². The first-order valence-electron chi connectivity index (χ1n) is 6.59. The number of halogens is 1. The molecule has 0 spiro atoms. The lowest BCUT2D eigenvalue weighted by molar-refractivity contribution is 0.410. The number of hydrogen-bond donors (Lipinski definition) is 2. The van der Waals surface area contributed by atoms with Gasteiger partial charge in [-0.2, -0.15) is 0 Å². The van der Waals surface area contributed by atoms with Crippen LogP contribution in [0.3, 0.4) is 0 Å². The summed E-state index contributed by atoms with van der Waals surface area (Å²) in [5.41, 5.74) is 0. The summed E-state index contributed by atoms with van der Waals surface area (Å²) >= 11 is 0. The summed E-state index contributed by atoms with van der Waals surface area (Å²) < 4.78 is 1.90. The Bertz CT molecular complexity index is 397. The van der Waals surface area contributed by atoms with Gasteiger partial charge in [0.05, 0.1) is 6.54 Å². The van der Waals surface area contributed by atoms with Gasteiger partial charge in [-0.15, -0.1) is 34.2 Å². The molecule has 0 radical (unpaired) electrons. The van der Waals surface area contributed by atoms with Crippen molar-refractivity contribution in [2.24, 2.45) is 12.0 Å². The molecule has 0 atom stereocenters. The maximum absolute atomic E-state index is 4.25. The Labute approximate surface area is 131 Å². The standard InChI is InChI=1S/C12H22N6.HI/c1-13-12(16-10-6-4-3-5-7-10)14-8-11-17-15-9-18(11)2;/h9-10H,3-8H2,1-2H3,(H2,13,14,16);1H. The van der Waals surface area contributed by atoms with E-state index in [1.807, 2.05) is 11.6 Å². The van der Waals surface area contributed by atoms with Gasteiger partial charge in [-0.05, 0) is 12.8 Å². The number of hydrogen-bond acceptors (Lipinski definition) is 3. The second-order valence-corrected chi connectivity index (χ2v) is 4.76. The molecule has 1 aliphatic rings. The van der Waals surface area contributed by atoms with Crippen LogP contribution < -0.4 is 10.6 Å². The number of aliphatic imine (C=N–C) groups is 1. The molecule has 19 heavy (non-hydrogen) atoms. The van der Waals surface area contributed by atoms with Crippen LogP contribution in [0.5, 0.6) is 0 Å². The molecule has 108 valence electrons. The molecule has 0 aliphatic heterocycles. The van der Waals surface area contributed by atoms with Crippen molar-refractivity contribution in [1.82, 2.24) is 25.4 Å². The van der Waals surface area contributed by atoms with Crippen LogP contribution >= 0.6 is 24.0 Å². The highest BCUT2D eigenvalue weighted by Gasteiger charge is 2.14. The second kappa shape index (κ2) is 8.34. The Morgan fingerprint density at radius 1 is 1.42 bits per heavy atom. The van der Waals surface area contributed by atoms with E-state index in [-0.39, 0.29) is 24.0 Å². The summed E-state index contributed by atoms with van der Waals surface area (Å²) in [6, 6.07) is 0.560. The van der Waals surface area contributed by atoms with Crippen molar-refractivity contribution in [2.45, 2.75) is 44.7 Å². The molecule has 1 aromatic heterocycles. The van der Waals surface area contributed by atoms with Gasteiger partial charge in [0.25, 0.3) is 0 Å². The lowest BCUT2D eigenvalue weighted by atomic mass is 9.96. The predicted octanol–water partition coefficient (Wildman–Crippen LogP) is 1.43. The monoisotopic (exact) mass is 378 g/mol. The van der Waals surface area contributed by atoms with E-state index in [9.17, 15) is 0 Å². The topological polar surface area (TPSA) is 67.1 Å². The van der Waals surface area contributed by atoms with Crippen molar-refractivity contribution < 1.29 is 0 Å². The van der Waals surface area contributed by atoms with Crippen LogP contribution in [-0.4, -0.2) is 33.8 Å². The second-order valence-electron chi connectivity index (χ2n) is 4.76. The first-order chi connectivity index (χ1) is 8.79. The van der Waals surface area contributed by atoms with Gasteiger partial charge < -0.3 is 15.2 Å². The summed E-state index contributed by atoms with van der Waals surface area (Å²) in [5.74, 6) is 1.76. The fourth-order valence-corrected chi connectivity index (χ4v) is 2.26. The largest absolute Gasteiger partial charge is 0.354 e. The molecule has 2 rings (SSSR count). The van der Waals surface area contributed by atoms with Gasteiger partial charge >= 0.3 is 0 Å². The summed E-state index contributed by atoms with van der Waals surface area (Å²) in [5, 5.41) is 14.6. The lowest BCUT2D eigenvalue weighted by Gasteiger charge is -2.24. The average molecular weight is 378 g/mol. The molecular formula is C12H23IN6. The highest BCUT2D eigenvalue weighted by Crippen LogP contribution is 2.17. The van der Waals surface area contributed by atoms with Crippen molar-refractivity contribution in [3.05, 3.63) is 12.2 Å². The van der Waals surface area contributed by atoms with Gasteiger partial charge in [0.1, 0.15) is 6.33 Å². The molecule has 2 N–H and O–H groups in total. The van der Waals surface area contributed by atoms with Gasteiger partial charge in [0.15, 0.2) is 11.8 Å². The Morgan fingerprint density at radius 2 is 2.16 bits per heavy atom. The Morgan fingerprint density at radius 3 is 2.74 bits per heavy atom. The highest BCUT2D eigenvalue weighted by molar-refractivity contribution is 14.0. The zero-order chi connectivity index (χ0) is 12.8. The third kappa shape index (κ3) is 4.96. The van der Waals surface area contributed by atoms with E-state index in [0.717, 1.165) is 11.8 Å². The molecule has 7 heteroatoms. The predicted molar refractivity (Wildman–Crippen MR) is 86.6 cm³/mol. The third-order valence-electron chi connectivity index (χ3n) is 3.39. The first-order valence-corrected chi connectivity index (χ1v) is 6.59. The van der Waals surface area contributed by atoms with E-state index in [1.54, 1.807) is 13.4 Å². The zero-order valence-corrected chi connectivity index (χ0v) is 13.9. The molecule has 0 amide bonds. The number of guanidine groups is 1. The minimum absolute atomic E-state index is 0. The molecule has 0 saturated heterocycles. The van der Waals surface area contributed by atoms with Crippen LogP contribution in [0, 0.1) is 0 Å². The summed E-state index contributed by atoms with van der Waals surface area (Å²) in [4.78, 5) is 4.25. The fourth-order valence-electron chi connectivity index (χ4n) is 2.26. The van der Waals surface area contributed by atoms with Gasteiger partial charge in [-0.25, -0.2) is 0 Å². The average Bonchev–Trinajstić information content (AvgIpc) is 2.81.